The number of fused-ring (bicyclic) bond motifs is 1. The molecule has 1 atom stereocenters. The van der Waals surface area contributed by atoms with Crippen molar-refractivity contribution in [3.63, 3.8) is 0 Å². The fraction of sp³-hybridized carbons (Fsp3) is 0.167. The molecule has 1 amide bonds. The molecule has 0 aliphatic rings. The van der Waals surface area contributed by atoms with Crippen molar-refractivity contribution in [2.75, 3.05) is 13.6 Å². The molecule has 0 fully saturated rings. The lowest BCUT2D eigenvalue weighted by Crippen LogP contribution is -2.30. The number of ketones is 1. The molecule has 0 spiro atoms. The van der Waals surface area contributed by atoms with Crippen LogP contribution in [0.1, 0.15) is 37.9 Å². The molecule has 3 N–H and O–H groups in total. The van der Waals surface area contributed by atoms with Crippen molar-refractivity contribution >= 4 is 22.6 Å². The minimum absolute atomic E-state index is 0.0153. The lowest BCUT2D eigenvalue weighted by atomic mass is 9.96. The summed E-state index contributed by atoms with van der Waals surface area (Å²) in [4.78, 5) is 28.9. The minimum atomic E-state index is -0.483. The predicted octanol–water partition coefficient (Wildman–Crippen LogP) is 4.68. The fourth-order valence-electron chi connectivity index (χ4n) is 4.57. The third-order valence-corrected chi connectivity index (χ3v) is 6.59. The minimum Gasteiger partial charge on any atom is -0.360 e. The van der Waals surface area contributed by atoms with E-state index in [9.17, 15) is 9.59 Å². The van der Waals surface area contributed by atoms with Crippen LogP contribution in [0.15, 0.2) is 91.4 Å². The summed E-state index contributed by atoms with van der Waals surface area (Å²) in [6.07, 6.45) is 6.33. The van der Waals surface area contributed by atoms with Crippen molar-refractivity contribution in [2.24, 2.45) is 7.05 Å². The van der Waals surface area contributed by atoms with Gasteiger partial charge in [-0.3, -0.25) is 14.3 Å². The van der Waals surface area contributed by atoms with Gasteiger partial charge in [-0.25, -0.2) is 0 Å². The van der Waals surface area contributed by atoms with Gasteiger partial charge in [-0.2, -0.15) is 5.10 Å². The van der Waals surface area contributed by atoms with Gasteiger partial charge in [0.25, 0.3) is 5.91 Å². The van der Waals surface area contributed by atoms with E-state index in [1.807, 2.05) is 86.2 Å². The number of nitrogens with zero attached hydrogens (tertiary/aromatic N) is 2. The number of nitrogens with one attached hydrogen (secondary N) is 3. The van der Waals surface area contributed by atoms with E-state index in [1.165, 1.54) is 0 Å². The number of carbonyl (C=O) groups excluding carboxylic acids is 2. The monoisotopic (exact) mass is 491 g/mol. The Morgan fingerprint density at radius 2 is 1.78 bits per heavy atom. The first-order valence-electron chi connectivity index (χ1n) is 12.3. The van der Waals surface area contributed by atoms with E-state index < -0.39 is 6.04 Å². The Balaban J connectivity index is 1.36. The van der Waals surface area contributed by atoms with Gasteiger partial charge in [0, 0.05) is 60.6 Å². The number of aromatic nitrogens is 3. The molecule has 0 bridgehead atoms. The number of carbonyl (C=O) groups is 2. The standard InChI is InChI=1S/C30H29N5O2/c1-31-30(37)22-10-8-20(9-11-22)14-15-32-28(21-6-4-3-5-7-21)29(36)26-18-33-27-16-23(12-13-25(26)27)24-17-34-35(2)19-24/h3-13,16-19,28,32-33H,14-15H2,1-2H3,(H,31,37)/t28-/m1/s1. The highest BCUT2D eigenvalue weighted by Gasteiger charge is 2.24. The molecule has 2 aromatic heterocycles. The first-order valence-corrected chi connectivity index (χ1v) is 12.3. The average molecular weight is 492 g/mol. The largest absolute Gasteiger partial charge is 0.360 e. The third-order valence-electron chi connectivity index (χ3n) is 6.59. The molecule has 7 heteroatoms. The van der Waals surface area contributed by atoms with Crippen LogP contribution in [0.5, 0.6) is 0 Å². The van der Waals surface area contributed by atoms with Crippen LogP contribution in [0.3, 0.4) is 0 Å². The molecule has 2 heterocycles. The summed E-state index contributed by atoms with van der Waals surface area (Å²) in [5.41, 5.74) is 6.28. The van der Waals surface area contributed by atoms with E-state index in [4.69, 9.17) is 0 Å². The van der Waals surface area contributed by atoms with Gasteiger partial charge in [0.1, 0.15) is 0 Å². The molecule has 0 saturated heterocycles. The van der Waals surface area contributed by atoms with Gasteiger partial charge in [0.15, 0.2) is 5.78 Å². The van der Waals surface area contributed by atoms with Crippen LogP contribution in [-0.4, -0.2) is 40.0 Å². The smallest absolute Gasteiger partial charge is 0.251 e. The van der Waals surface area contributed by atoms with E-state index in [0.717, 1.165) is 39.6 Å². The summed E-state index contributed by atoms with van der Waals surface area (Å²) in [6, 6.07) is 22.9. The number of aromatic amines is 1. The first kappa shape index (κ1) is 24.2. The highest BCUT2D eigenvalue weighted by molar-refractivity contribution is 6.11. The number of benzene rings is 3. The highest BCUT2D eigenvalue weighted by Crippen LogP contribution is 2.28. The zero-order valence-corrected chi connectivity index (χ0v) is 20.9. The van der Waals surface area contributed by atoms with Gasteiger partial charge < -0.3 is 15.6 Å². The van der Waals surface area contributed by atoms with Gasteiger partial charge in [0.2, 0.25) is 0 Å². The summed E-state index contributed by atoms with van der Waals surface area (Å²) in [6.45, 7) is 0.609. The summed E-state index contributed by atoms with van der Waals surface area (Å²) < 4.78 is 1.77. The lowest BCUT2D eigenvalue weighted by molar-refractivity contribution is 0.0941. The SMILES string of the molecule is CNC(=O)c1ccc(CCN[C@@H](C(=O)c2c[nH]c3cc(-c4cnn(C)c4)ccc23)c2ccccc2)cc1. The number of rotatable bonds is 9. The van der Waals surface area contributed by atoms with Crippen LogP contribution in [-0.2, 0) is 13.5 Å². The maximum Gasteiger partial charge on any atom is 0.251 e. The predicted molar refractivity (Wildman–Crippen MR) is 146 cm³/mol. The van der Waals surface area contributed by atoms with Crippen LogP contribution in [0.25, 0.3) is 22.0 Å². The number of H-pyrrole nitrogens is 1. The summed E-state index contributed by atoms with van der Waals surface area (Å²) in [7, 11) is 3.51. The summed E-state index contributed by atoms with van der Waals surface area (Å²) in [5.74, 6) is -0.0905. The van der Waals surface area contributed by atoms with Gasteiger partial charge in [-0.05, 0) is 41.3 Å². The van der Waals surface area contributed by atoms with Gasteiger partial charge >= 0.3 is 0 Å². The summed E-state index contributed by atoms with van der Waals surface area (Å²) in [5, 5.41) is 11.3. The van der Waals surface area contributed by atoms with Crippen molar-refractivity contribution < 1.29 is 9.59 Å². The van der Waals surface area contributed by atoms with Gasteiger partial charge in [-0.1, -0.05) is 54.6 Å². The molecule has 0 saturated carbocycles. The molecule has 5 rings (SSSR count). The molecule has 0 radical (unpaired) electrons. The third kappa shape index (κ3) is 5.22. The number of amides is 1. The molecule has 0 aliphatic heterocycles. The second kappa shape index (κ2) is 10.6. The molecule has 0 aliphatic carbocycles. The van der Waals surface area contributed by atoms with Gasteiger partial charge in [0.05, 0.1) is 12.2 Å². The Hall–Kier alpha value is -4.49. The Labute approximate surface area is 215 Å². The Bertz CT molecular complexity index is 1530. The van der Waals surface area contributed by atoms with E-state index in [0.29, 0.717) is 17.7 Å². The molecular formula is C30H29N5O2. The first-order chi connectivity index (χ1) is 18.0. The normalized spacial score (nSPS) is 11.9. The molecule has 37 heavy (non-hydrogen) atoms. The number of Topliss-reactive ketones (excluding diaryl/α,β-unsaturated/α-hetero) is 1. The fourth-order valence-corrected chi connectivity index (χ4v) is 4.57. The zero-order valence-electron chi connectivity index (χ0n) is 20.9. The van der Waals surface area contributed by atoms with E-state index >= 15 is 0 Å². The molecule has 5 aromatic rings. The Morgan fingerprint density at radius 3 is 2.49 bits per heavy atom. The maximum absolute atomic E-state index is 13.8. The second-order valence-electron chi connectivity index (χ2n) is 9.05. The average Bonchev–Trinajstić information content (AvgIpc) is 3.57. The van der Waals surface area contributed by atoms with Crippen molar-refractivity contribution in [1.29, 1.82) is 0 Å². The number of hydrogen-bond acceptors (Lipinski definition) is 4. The van der Waals surface area contributed by atoms with E-state index in [1.54, 1.807) is 17.9 Å². The topological polar surface area (TPSA) is 91.8 Å². The van der Waals surface area contributed by atoms with Crippen LogP contribution in [0.4, 0.5) is 0 Å². The van der Waals surface area contributed by atoms with Crippen molar-refractivity contribution in [3.8, 4) is 11.1 Å². The zero-order chi connectivity index (χ0) is 25.8. The van der Waals surface area contributed by atoms with Crippen molar-refractivity contribution in [1.82, 2.24) is 25.4 Å². The molecule has 0 unspecified atom stereocenters. The second-order valence-corrected chi connectivity index (χ2v) is 9.05. The molecule has 7 nitrogen and oxygen atoms in total. The van der Waals surface area contributed by atoms with Crippen LogP contribution < -0.4 is 10.6 Å². The molecule has 186 valence electrons. The lowest BCUT2D eigenvalue weighted by Gasteiger charge is -2.18. The maximum atomic E-state index is 13.8. The van der Waals surface area contributed by atoms with Crippen LogP contribution in [0.2, 0.25) is 0 Å². The van der Waals surface area contributed by atoms with E-state index in [-0.39, 0.29) is 11.7 Å². The quantitative estimate of drug-likeness (QED) is 0.261. The van der Waals surface area contributed by atoms with Crippen LogP contribution in [0, 0.1) is 0 Å². The molecular weight excluding hydrogens is 462 g/mol. The highest BCUT2D eigenvalue weighted by atomic mass is 16.1. The van der Waals surface area contributed by atoms with Crippen molar-refractivity contribution in [2.45, 2.75) is 12.5 Å². The summed E-state index contributed by atoms with van der Waals surface area (Å²) >= 11 is 0. The molecule has 3 aromatic carbocycles. The van der Waals surface area contributed by atoms with E-state index in [2.05, 4.69) is 26.8 Å². The Morgan fingerprint density at radius 1 is 1.00 bits per heavy atom. The van der Waals surface area contributed by atoms with Crippen LogP contribution >= 0.6 is 0 Å². The van der Waals surface area contributed by atoms with Gasteiger partial charge in [-0.15, -0.1) is 0 Å². The Kier molecular flexibility index (Phi) is 6.96. The van der Waals surface area contributed by atoms with Crippen molar-refractivity contribution in [3.05, 3.63) is 114 Å². The number of hydrogen-bond donors (Lipinski definition) is 3. The number of aryl methyl sites for hydroxylation is 1.